The van der Waals surface area contributed by atoms with Crippen LogP contribution in [-0.4, -0.2) is 0 Å². The monoisotopic (exact) mass is 167 g/mol. The van der Waals surface area contributed by atoms with Gasteiger partial charge < -0.3 is 6.92 Å². The molecule has 0 aromatic rings. The van der Waals surface area contributed by atoms with E-state index in [1.165, 1.54) is 6.42 Å². The molecule has 0 heteroatoms. The van der Waals surface area contributed by atoms with E-state index in [1.54, 1.807) is 0 Å². The third-order valence-corrected chi connectivity index (χ3v) is 2.84. The van der Waals surface area contributed by atoms with Gasteiger partial charge in [-0.1, -0.05) is 38.8 Å². The molecule has 0 bridgehead atoms. The maximum absolute atomic E-state index is 4.01. The van der Waals surface area contributed by atoms with E-state index in [4.69, 9.17) is 0 Å². The van der Waals surface area contributed by atoms with E-state index in [9.17, 15) is 0 Å². The van der Waals surface area contributed by atoms with E-state index in [0.717, 1.165) is 24.2 Å². The smallest absolute Gasteiger partial charge is 0.0344 e. The Kier molecular flexibility index (Phi) is 6.14. The van der Waals surface area contributed by atoms with Crippen molar-refractivity contribution in [3.8, 4) is 0 Å². The molecule has 0 rings (SSSR count). The van der Waals surface area contributed by atoms with Crippen molar-refractivity contribution in [2.45, 2.75) is 40.5 Å². The fraction of sp³-hybridized carbons (Fsp3) is 0.750. The highest BCUT2D eigenvalue weighted by atomic mass is 14.2. The standard InChI is InChI=1S/C12H23/c1-6-8-9-12(7-2)11(5)10(3)4/h6,8,10-12H,2,7,9H2,1,3-5H3/q-1/b8-6+. The van der Waals surface area contributed by atoms with Crippen LogP contribution in [0.4, 0.5) is 0 Å². The normalized spacial score (nSPS) is 17.2. The quantitative estimate of drug-likeness (QED) is 0.427. The van der Waals surface area contributed by atoms with Gasteiger partial charge in [-0.3, -0.25) is 0 Å². The van der Waals surface area contributed by atoms with Crippen molar-refractivity contribution in [2.75, 3.05) is 0 Å². The van der Waals surface area contributed by atoms with Gasteiger partial charge >= 0.3 is 0 Å². The van der Waals surface area contributed by atoms with Gasteiger partial charge in [0.2, 0.25) is 0 Å². The Labute approximate surface area is 78.1 Å². The molecule has 0 nitrogen and oxygen atoms in total. The lowest BCUT2D eigenvalue weighted by atomic mass is 9.81. The molecule has 0 saturated carbocycles. The summed E-state index contributed by atoms with van der Waals surface area (Å²) < 4.78 is 0. The first-order chi connectivity index (χ1) is 5.63. The Bertz CT molecular complexity index is 122. The fourth-order valence-corrected chi connectivity index (χ4v) is 1.45. The molecule has 0 spiro atoms. The van der Waals surface area contributed by atoms with E-state index in [-0.39, 0.29) is 0 Å². The Morgan fingerprint density at radius 2 is 1.83 bits per heavy atom. The Hall–Kier alpha value is -0.260. The molecule has 0 aliphatic rings. The van der Waals surface area contributed by atoms with Gasteiger partial charge in [-0.05, 0) is 25.2 Å². The van der Waals surface area contributed by atoms with Crippen molar-refractivity contribution in [3.63, 3.8) is 0 Å². The van der Waals surface area contributed by atoms with Crippen LogP contribution in [0.3, 0.4) is 0 Å². The second kappa shape index (κ2) is 6.28. The van der Waals surface area contributed by atoms with Crippen molar-refractivity contribution >= 4 is 0 Å². The molecule has 0 aromatic heterocycles. The molecule has 0 saturated heterocycles. The average Bonchev–Trinajstić information content (AvgIpc) is 2.05. The van der Waals surface area contributed by atoms with Crippen LogP contribution in [0.1, 0.15) is 40.5 Å². The molecule has 0 aromatic carbocycles. The molecule has 0 N–H and O–H groups in total. The minimum atomic E-state index is 0.765. The van der Waals surface area contributed by atoms with Crippen LogP contribution in [0.15, 0.2) is 12.2 Å². The maximum Gasteiger partial charge on any atom is -0.0344 e. The van der Waals surface area contributed by atoms with Gasteiger partial charge in [0, 0.05) is 0 Å². The summed E-state index contributed by atoms with van der Waals surface area (Å²) >= 11 is 0. The lowest BCUT2D eigenvalue weighted by molar-refractivity contribution is 0.279. The summed E-state index contributed by atoms with van der Waals surface area (Å²) in [6.45, 7) is 13.0. The molecule has 2 atom stereocenters. The fourth-order valence-electron chi connectivity index (χ4n) is 1.45. The third kappa shape index (κ3) is 3.94. The van der Waals surface area contributed by atoms with Crippen LogP contribution in [-0.2, 0) is 0 Å². The lowest BCUT2D eigenvalue weighted by Gasteiger charge is -2.27. The molecule has 0 amide bonds. The zero-order valence-electron chi connectivity index (χ0n) is 9.01. The minimum Gasteiger partial charge on any atom is -0.343 e. The van der Waals surface area contributed by atoms with E-state index in [2.05, 4.69) is 46.8 Å². The summed E-state index contributed by atoms with van der Waals surface area (Å²) in [6, 6.07) is 0. The predicted octanol–water partition coefficient (Wildman–Crippen LogP) is 4.09. The second-order valence-electron chi connectivity index (χ2n) is 3.96. The number of allylic oxidation sites excluding steroid dienone is 2. The summed E-state index contributed by atoms with van der Waals surface area (Å²) in [4.78, 5) is 0. The first-order valence-electron chi connectivity index (χ1n) is 5.03. The number of hydrogen-bond donors (Lipinski definition) is 0. The molecule has 2 unspecified atom stereocenters. The van der Waals surface area contributed by atoms with Gasteiger partial charge in [-0.15, -0.1) is 0 Å². The first kappa shape index (κ1) is 11.7. The topological polar surface area (TPSA) is 0 Å². The van der Waals surface area contributed by atoms with E-state index < -0.39 is 0 Å². The van der Waals surface area contributed by atoms with Crippen LogP contribution >= 0.6 is 0 Å². The van der Waals surface area contributed by atoms with Crippen molar-refractivity contribution in [2.24, 2.45) is 17.8 Å². The second-order valence-corrected chi connectivity index (χ2v) is 3.96. The van der Waals surface area contributed by atoms with E-state index in [0.29, 0.717) is 0 Å². The maximum atomic E-state index is 4.01. The van der Waals surface area contributed by atoms with E-state index >= 15 is 0 Å². The van der Waals surface area contributed by atoms with Crippen LogP contribution in [0.2, 0.25) is 0 Å². The van der Waals surface area contributed by atoms with Crippen LogP contribution in [0, 0.1) is 24.7 Å². The van der Waals surface area contributed by atoms with Crippen LogP contribution in [0.5, 0.6) is 0 Å². The van der Waals surface area contributed by atoms with Gasteiger partial charge in [0.05, 0.1) is 0 Å². The number of rotatable bonds is 5. The molecule has 12 heavy (non-hydrogen) atoms. The predicted molar refractivity (Wildman–Crippen MR) is 56.9 cm³/mol. The molecule has 0 aliphatic heterocycles. The molecule has 0 fully saturated rings. The molecular formula is C12H23-. The molecule has 0 heterocycles. The minimum absolute atomic E-state index is 0.765. The Balaban J connectivity index is 3.95. The highest BCUT2D eigenvalue weighted by Crippen LogP contribution is 2.26. The van der Waals surface area contributed by atoms with Crippen LogP contribution in [0.25, 0.3) is 0 Å². The van der Waals surface area contributed by atoms with Gasteiger partial charge in [0.25, 0.3) is 0 Å². The highest BCUT2D eigenvalue weighted by molar-refractivity contribution is 4.83. The summed E-state index contributed by atoms with van der Waals surface area (Å²) in [6.07, 6.45) is 6.65. The van der Waals surface area contributed by atoms with Crippen LogP contribution < -0.4 is 0 Å². The lowest BCUT2D eigenvalue weighted by Crippen LogP contribution is -2.15. The molecular weight excluding hydrogens is 144 g/mol. The Morgan fingerprint density at radius 3 is 2.17 bits per heavy atom. The van der Waals surface area contributed by atoms with Gasteiger partial charge in [-0.2, -0.15) is 6.42 Å². The van der Waals surface area contributed by atoms with Gasteiger partial charge in [-0.25, -0.2) is 0 Å². The van der Waals surface area contributed by atoms with Crippen molar-refractivity contribution in [1.29, 1.82) is 0 Å². The first-order valence-corrected chi connectivity index (χ1v) is 5.03. The van der Waals surface area contributed by atoms with Crippen molar-refractivity contribution < 1.29 is 0 Å². The van der Waals surface area contributed by atoms with Crippen molar-refractivity contribution in [1.82, 2.24) is 0 Å². The SMILES string of the molecule is [CH2-]CC(C/C=C/C)C(C)C(C)C. The van der Waals surface area contributed by atoms with E-state index in [1.807, 2.05) is 0 Å². The summed E-state index contributed by atoms with van der Waals surface area (Å²) in [7, 11) is 0. The third-order valence-electron chi connectivity index (χ3n) is 2.84. The zero-order chi connectivity index (χ0) is 9.56. The molecule has 0 aliphatic carbocycles. The summed E-state index contributed by atoms with van der Waals surface area (Å²) in [5.41, 5.74) is 0. The average molecular weight is 167 g/mol. The number of hydrogen-bond acceptors (Lipinski definition) is 0. The molecule has 72 valence electrons. The van der Waals surface area contributed by atoms with Gasteiger partial charge in [0.15, 0.2) is 0 Å². The zero-order valence-corrected chi connectivity index (χ0v) is 9.01. The summed E-state index contributed by atoms with van der Waals surface area (Å²) in [5.74, 6) is 2.34. The molecule has 0 radical (unpaired) electrons. The largest absolute Gasteiger partial charge is 0.343 e. The Morgan fingerprint density at radius 1 is 1.25 bits per heavy atom. The van der Waals surface area contributed by atoms with Gasteiger partial charge in [0.1, 0.15) is 0 Å². The highest BCUT2D eigenvalue weighted by Gasteiger charge is 2.14. The van der Waals surface area contributed by atoms with Crippen molar-refractivity contribution in [3.05, 3.63) is 19.1 Å². The summed E-state index contributed by atoms with van der Waals surface area (Å²) in [5, 5.41) is 0.